The average molecular weight is 332 g/mol. The van der Waals surface area contributed by atoms with Crippen molar-refractivity contribution in [2.24, 2.45) is 5.92 Å². The Bertz CT molecular complexity index is 582. The van der Waals surface area contributed by atoms with E-state index in [1.807, 2.05) is 12.1 Å². The van der Waals surface area contributed by atoms with Crippen LogP contribution in [-0.4, -0.2) is 4.57 Å². The molecule has 0 N–H and O–H groups in total. The normalized spacial score (nSPS) is 15.9. The average Bonchev–Trinajstić information content (AvgIpc) is 3.02. The second kappa shape index (κ2) is 8.54. The van der Waals surface area contributed by atoms with Gasteiger partial charge in [-0.1, -0.05) is 43.0 Å². The fraction of sp³-hybridized carbons (Fsp3) is 0.550. The molecular weight excluding hydrogens is 304 g/mol. The van der Waals surface area contributed by atoms with E-state index in [2.05, 4.69) is 40.0 Å². The van der Waals surface area contributed by atoms with Crippen LogP contribution in [0, 0.1) is 5.92 Å². The molecule has 1 heterocycles. The van der Waals surface area contributed by atoms with Crippen molar-refractivity contribution in [3.8, 4) is 0 Å². The summed E-state index contributed by atoms with van der Waals surface area (Å²) in [6, 6.07) is 8.24. The first-order valence-corrected chi connectivity index (χ1v) is 9.47. The Balaban J connectivity index is 1.38. The predicted molar refractivity (Wildman–Crippen MR) is 95.6 cm³/mol. The van der Waals surface area contributed by atoms with Crippen LogP contribution in [0.4, 0.5) is 0 Å². The van der Waals surface area contributed by atoms with Crippen molar-refractivity contribution in [2.75, 3.05) is 0 Å². The molecule has 0 amide bonds. The summed E-state index contributed by atoms with van der Waals surface area (Å²) >= 11 is 5.92. The molecule has 0 aliphatic heterocycles. The summed E-state index contributed by atoms with van der Waals surface area (Å²) in [6.07, 6.45) is 17.5. The molecule has 124 valence electrons. The Hall–Kier alpha value is -1.28. The van der Waals surface area contributed by atoms with Gasteiger partial charge in [0.25, 0.3) is 0 Å². The standard InChI is InChI=1S/C20H28ClN2/c21-20-11-9-18(10-12-20)6-4-5-13-22-14-15-23(17-22)16-19-7-2-1-3-8-19/h9-12,14-15,17,19H,1-8,13,16H2/q+1. The Kier molecular flexibility index (Phi) is 6.15. The highest BCUT2D eigenvalue weighted by Crippen LogP contribution is 2.23. The van der Waals surface area contributed by atoms with Crippen LogP contribution >= 0.6 is 11.6 Å². The Morgan fingerprint density at radius 3 is 2.61 bits per heavy atom. The molecule has 0 unspecified atom stereocenters. The molecule has 1 aromatic heterocycles. The first-order chi connectivity index (χ1) is 11.3. The first kappa shape index (κ1) is 16.6. The smallest absolute Gasteiger partial charge is 0.237 e. The maximum absolute atomic E-state index is 5.92. The van der Waals surface area contributed by atoms with E-state index in [1.165, 1.54) is 57.1 Å². The quantitative estimate of drug-likeness (QED) is 0.497. The van der Waals surface area contributed by atoms with Gasteiger partial charge in [0.15, 0.2) is 0 Å². The number of unbranched alkanes of at least 4 members (excludes halogenated alkanes) is 1. The van der Waals surface area contributed by atoms with E-state index in [4.69, 9.17) is 11.6 Å². The highest BCUT2D eigenvalue weighted by atomic mass is 35.5. The molecule has 3 heteroatoms. The molecule has 0 radical (unpaired) electrons. The molecule has 0 spiro atoms. The second-order valence-corrected chi connectivity index (χ2v) is 7.37. The molecule has 23 heavy (non-hydrogen) atoms. The highest BCUT2D eigenvalue weighted by molar-refractivity contribution is 6.30. The number of benzene rings is 1. The molecule has 1 fully saturated rings. The third-order valence-corrected chi connectivity index (χ3v) is 5.24. The summed E-state index contributed by atoms with van der Waals surface area (Å²) in [5.74, 6) is 0.898. The molecule has 0 atom stereocenters. The highest BCUT2D eigenvalue weighted by Gasteiger charge is 2.16. The maximum Gasteiger partial charge on any atom is 0.243 e. The van der Waals surface area contributed by atoms with Gasteiger partial charge in [0.05, 0.1) is 13.1 Å². The fourth-order valence-electron chi connectivity index (χ4n) is 3.62. The van der Waals surface area contributed by atoms with Crippen LogP contribution in [0.2, 0.25) is 5.02 Å². The number of imidazole rings is 1. The number of halogens is 1. The van der Waals surface area contributed by atoms with Crippen molar-refractivity contribution in [1.82, 2.24) is 4.57 Å². The summed E-state index contributed by atoms with van der Waals surface area (Å²) in [7, 11) is 0. The van der Waals surface area contributed by atoms with Crippen molar-refractivity contribution in [3.05, 3.63) is 53.6 Å². The van der Waals surface area contributed by atoms with E-state index >= 15 is 0 Å². The third kappa shape index (κ3) is 5.39. The van der Waals surface area contributed by atoms with Gasteiger partial charge in [-0.15, -0.1) is 0 Å². The molecule has 0 bridgehead atoms. The zero-order valence-electron chi connectivity index (χ0n) is 14.0. The van der Waals surface area contributed by atoms with E-state index in [1.54, 1.807) is 0 Å². The van der Waals surface area contributed by atoms with Crippen LogP contribution in [0.3, 0.4) is 0 Å². The van der Waals surface area contributed by atoms with Gasteiger partial charge in [-0.25, -0.2) is 9.13 Å². The lowest BCUT2D eigenvalue weighted by molar-refractivity contribution is -0.703. The van der Waals surface area contributed by atoms with Gasteiger partial charge < -0.3 is 0 Å². The number of hydrogen-bond donors (Lipinski definition) is 0. The Morgan fingerprint density at radius 1 is 1.04 bits per heavy atom. The van der Waals surface area contributed by atoms with Crippen LogP contribution in [0.25, 0.3) is 0 Å². The SMILES string of the molecule is Clc1ccc(CCCCn2cc[n+](CC3CCCCC3)c2)cc1. The second-order valence-electron chi connectivity index (χ2n) is 6.94. The monoisotopic (exact) mass is 331 g/mol. The number of aryl methyl sites for hydroxylation is 2. The third-order valence-electron chi connectivity index (χ3n) is 4.99. The van der Waals surface area contributed by atoms with E-state index in [0.29, 0.717) is 0 Å². The van der Waals surface area contributed by atoms with Crippen LogP contribution in [-0.2, 0) is 19.5 Å². The Labute approximate surface area is 145 Å². The topological polar surface area (TPSA) is 8.81 Å². The first-order valence-electron chi connectivity index (χ1n) is 9.09. The summed E-state index contributed by atoms with van der Waals surface area (Å²) < 4.78 is 4.72. The lowest BCUT2D eigenvalue weighted by Crippen LogP contribution is -2.36. The van der Waals surface area contributed by atoms with Crippen molar-refractivity contribution in [1.29, 1.82) is 0 Å². The molecule has 1 aromatic carbocycles. The Morgan fingerprint density at radius 2 is 1.83 bits per heavy atom. The predicted octanol–water partition coefficient (Wildman–Crippen LogP) is 5.03. The fourth-order valence-corrected chi connectivity index (χ4v) is 3.75. The summed E-state index contributed by atoms with van der Waals surface area (Å²) in [5.41, 5.74) is 1.38. The van der Waals surface area contributed by atoms with Gasteiger partial charge in [0.2, 0.25) is 6.33 Å². The zero-order valence-corrected chi connectivity index (χ0v) is 14.7. The molecule has 1 aliphatic carbocycles. The van der Waals surface area contributed by atoms with Crippen molar-refractivity contribution in [2.45, 2.75) is 64.5 Å². The minimum Gasteiger partial charge on any atom is -0.237 e. The van der Waals surface area contributed by atoms with E-state index in [-0.39, 0.29) is 0 Å². The minimum atomic E-state index is 0.823. The van der Waals surface area contributed by atoms with E-state index in [0.717, 1.165) is 23.9 Å². The summed E-state index contributed by atoms with van der Waals surface area (Å²) in [4.78, 5) is 0. The molecule has 1 aliphatic rings. The molecule has 0 saturated heterocycles. The summed E-state index contributed by atoms with van der Waals surface area (Å²) in [5, 5.41) is 0.823. The van der Waals surface area contributed by atoms with E-state index in [9.17, 15) is 0 Å². The van der Waals surface area contributed by atoms with Gasteiger partial charge in [0, 0.05) is 5.02 Å². The molecular formula is C20H28ClN2+. The maximum atomic E-state index is 5.92. The molecule has 2 aromatic rings. The largest absolute Gasteiger partial charge is 0.243 e. The van der Waals surface area contributed by atoms with Gasteiger partial charge in [-0.3, -0.25) is 0 Å². The minimum absolute atomic E-state index is 0.823. The number of nitrogens with zero attached hydrogens (tertiary/aromatic N) is 2. The lowest BCUT2D eigenvalue weighted by Gasteiger charge is -2.19. The van der Waals surface area contributed by atoms with E-state index < -0.39 is 0 Å². The van der Waals surface area contributed by atoms with Crippen molar-refractivity contribution >= 4 is 11.6 Å². The summed E-state index contributed by atoms with van der Waals surface area (Å²) in [6.45, 7) is 2.32. The van der Waals surface area contributed by atoms with Crippen LogP contribution < -0.4 is 4.57 Å². The van der Waals surface area contributed by atoms with Crippen LogP contribution in [0.15, 0.2) is 43.0 Å². The van der Waals surface area contributed by atoms with Gasteiger partial charge >= 0.3 is 0 Å². The van der Waals surface area contributed by atoms with Crippen molar-refractivity contribution < 1.29 is 4.57 Å². The lowest BCUT2D eigenvalue weighted by atomic mass is 9.89. The van der Waals surface area contributed by atoms with Gasteiger partial charge in [-0.2, -0.15) is 0 Å². The molecule has 1 saturated carbocycles. The van der Waals surface area contributed by atoms with Crippen LogP contribution in [0.5, 0.6) is 0 Å². The molecule has 3 rings (SSSR count). The zero-order chi connectivity index (χ0) is 15.9. The molecule has 2 nitrogen and oxygen atoms in total. The number of rotatable bonds is 7. The van der Waals surface area contributed by atoms with Crippen LogP contribution in [0.1, 0.15) is 50.5 Å². The number of hydrogen-bond acceptors (Lipinski definition) is 0. The van der Waals surface area contributed by atoms with Gasteiger partial charge in [0.1, 0.15) is 12.4 Å². The van der Waals surface area contributed by atoms with Crippen molar-refractivity contribution in [3.63, 3.8) is 0 Å². The number of aromatic nitrogens is 2. The van der Waals surface area contributed by atoms with Gasteiger partial charge in [-0.05, 0) is 55.7 Å².